The topological polar surface area (TPSA) is 3.24 Å². The van der Waals surface area contributed by atoms with Crippen LogP contribution in [0.1, 0.15) is 0 Å². The Morgan fingerprint density at radius 2 is 1.40 bits per heavy atom. The molecule has 2 heteroatoms. The van der Waals surface area contributed by atoms with E-state index >= 15 is 0 Å². The van der Waals surface area contributed by atoms with Crippen LogP contribution in [0.25, 0.3) is 0 Å². The second-order valence-electron chi connectivity index (χ2n) is 0.856. The number of rotatable bonds is 0. The van der Waals surface area contributed by atoms with Crippen LogP contribution in [0.3, 0.4) is 0 Å². The van der Waals surface area contributed by atoms with Gasteiger partial charge in [-0.25, -0.2) is 0 Å². The van der Waals surface area contributed by atoms with Gasteiger partial charge in [0.2, 0.25) is 0 Å². The van der Waals surface area contributed by atoms with Crippen molar-refractivity contribution in [1.82, 2.24) is 4.90 Å². The van der Waals surface area contributed by atoms with Gasteiger partial charge in [-0.15, -0.1) is 0 Å². The molecule has 0 fully saturated rings. The van der Waals surface area contributed by atoms with Gasteiger partial charge in [0.25, 0.3) is 0 Å². The molecule has 1 nitrogen and oxygen atoms in total. The van der Waals surface area contributed by atoms with Gasteiger partial charge in [-0.1, -0.05) is 7.05 Å². The van der Waals surface area contributed by atoms with E-state index in [1.165, 1.54) is 4.90 Å². The molecule has 0 bridgehead atoms. The standard InChI is InChI=1S/C3H7N.V/c1-4(2)3;/h1-2H2,3H3;/q-2;+2. The molecule has 0 aromatic rings. The Morgan fingerprint density at radius 1 is 1.40 bits per heavy atom. The molecule has 0 heterocycles. The van der Waals surface area contributed by atoms with Gasteiger partial charge >= 0.3 is 18.6 Å². The summed E-state index contributed by atoms with van der Waals surface area (Å²) in [6.45, 7) is 0. The van der Waals surface area contributed by atoms with Crippen molar-refractivity contribution in [2.45, 2.75) is 0 Å². The van der Waals surface area contributed by atoms with Crippen molar-refractivity contribution >= 4 is 0 Å². The van der Waals surface area contributed by atoms with Crippen LogP contribution in [0, 0.1) is 14.1 Å². The third-order valence-corrected chi connectivity index (χ3v) is 0. The van der Waals surface area contributed by atoms with Gasteiger partial charge < -0.3 is 19.0 Å². The molecule has 0 saturated carbocycles. The predicted octanol–water partition coefficient (Wildman–Crippen LogP) is 0.499. The van der Waals surface area contributed by atoms with Crippen LogP contribution < -0.4 is 0 Å². The maximum absolute atomic E-state index is 3.36. The maximum Gasteiger partial charge on any atom is 2.00 e. The van der Waals surface area contributed by atoms with Crippen molar-refractivity contribution in [3.8, 4) is 0 Å². The molecule has 0 unspecified atom stereocenters. The molecule has 5 heavy (non-hydrogen) atoms. The van der Waals surface area contributed by atoms with Crippen molar-refractivity contribution in [2.75, 3.05) is 7.05 Å². The molecule has 0 amide bonds. The average molecular weight is 108 g/mol. The smallest absolute Gasteiger partial charge is 0.613 e. The first kappa shape index (κ1) is 9.11. The van der Waals surface area contributed by atoms with Gasteiger partial charge in [-0.05, 0) is 0 Å². The molecule has 0 atom stereocenters. The molecule has 0 N–H and O–H groups in total. The van der Waals surface area contributed by atoms with E-state index in [2.05, 4.69) is 14.1 Å². The summed E-state index contributed by atoms with van der Waals surface area (Å²) in [6, 6.07) is 0. The second kappa shape index (κ2) is 4.54. The van der Waals surface area contributed by atoms with Gasteiger partial charge in [-0.2, -0.15) is 0 Å². The van der Waals surface area contributed by atoms with Crippen molar-refractivity contribution in [2.24, 2.45) is 0 Å². The quantitative estimate of drug-likeness (QED) is 0.408. The SMILES string of the molecule is [CH2-]N([CH2-])C.[V+2]. The van der Waals surface area contributed by atoms with Crippen LogP contribution in [-0.4, -0.2) is 11.9 Å². The molecule has 0 aliphatic heterocycles. The van der Waals surface area contributed by atoms with Crippen LogP contribution in [-0.2, 0) is 18.6 Å². The van der Waals surface area contributed by atoms with Crippen molar-refractivity contribution in [3.05, 3.63) is 14.1 Å². The van der Waals surface area contributed by atoms with E-state index in [0.29, 0.717) is 0 Å². The molecule has 0 saturated heterocycles. The molecule has 0 aliphatic rings. The largest absolute Gasteiger partial charge is 2.00 e. The Hall–Kier alpha value is 0.544. The van der Waals surface area contributed by atoms with Crippen molar-refractivity contribution in [1.29, 1.82) is 0 Å². The Bertz CT molecular complexity index is 11.6. The summed E-state index contributed by atoms with van der Waals surface area (Å²) in [7, 11) is 8.50. The first-order valence-corrected chi connectivity index (χ1v) is 1.08. The minimum Gasteiger partial charge on any atom is -0.613 e. The molecule has 29 valence electrons. The van der Waals surface area contributed by atoms with E-state index in [4.69, 9.17) is 0 Å². The van der Waals surface area contributed by atoms with E-state index in [9.17, 15) is 0 Å². The van der Waals surface area contributed by atoms with Crippen LogP contribution in [0.4, 0.5) is 0 Å². The molecular weight excluding hydrogens is 101 g/mol. The minimum atomic E-state index is 0. The average Bonchev–Trinajstić information content (AvgIpc) is 0.811. The van der Waals surface area contributed by atoms with Gasteiger partial charge in [0.15, 0.2) is 0 Å². The summed E-state index contributed by atoms with van der Waals surface area (Å²) in [5.74, 6) is 0. The summed E-state index contributed by atoms with van der Waals surface area (Å²) in [6.07, 6.45) is 0. The van der Waals surface area contributed by atoms with Crippen LogP contribution in [0.5, 0.6) is 0 Å². The van der Waals surface area contributed by atoms with Gasteiger partial charge in [-0.3, -0.25) is 0 Å². The van der Waals surface area contributed by atoms with E-state index in [1.54, 1.807) is 7.05 Å². The fourth-order valence-electron chi connectivity index (χ4n) is 0. The summed E-state index contributed by atoms with van der Waals surface area (Å²) in [5.41, 5.74) is 0. The monoisotopic (exact) mass is 108 g/mol. The first-order chi connectivity index (χ1) is 1.73. The van der Waals surface area contributed by atoms with E-state index in [1.807, 2.05) is 0 Å². The Morgan fingerprint density at radius 3 is 1.40 bits per heavy atom. The summed E-state index contributed by atoms with van der Waals surface area (Å²) in [4.78, 5) is 1.50. The summed E-state index contributed by atoms with van der Waals surface area (Å²) >= 11 is 0. The molecule has 0 spiro atoms. The molecule has 0 rings (SSSR count). The van der Waals surface area contributed by atoms with Gasteiger partial charge in [0.05, 0.1) is 0 Å². The molecular formula is C3H7NV. The number of nitrogens with zero attached hydrogens (tertiary/aromatic N) is 1. The zero-order valence-electron chi connectivity index (χ0n) is 3.31. The maximum atomic E-state index is 3.36. The van der Waals surface area contributed by atoms with Gasteiger partial charge in [0, 0.05) is 0 Å². The second-order valence-corrected chi connectivity index (χ2v) is 0.856. The number of hydrogen-bond donors (Lipinski definition) is 0. The summed E-state index contributed by atoms with van der Waals surface area (Å²) < 4.78 is 0. The van der Waals surface area contributed by atoms with Crippen molar-refractivity contribution in [3.63, 3.8) is 0 Å². The fraction of sp³-hybridized carbons (Fsp3) is 0.333. The Kier molecular flexibility index (Phi) is 8.28. The van der Waals surface area contributed by atoms with E-state index < -0.39 is 0 Å². The molecule has 1 radical (unpaired) electrons. The zero-order chi connectivity index (χ0) is 3.58. The minimum absolute atomic E-state index is 0. The first-order valence-electron chi connectivity index (χ1n) is 1.08. The number of hydrogen-bond acceptors (Lipinski definition) is 1. The van der Waals surface area contributed by atoms with E-state index in [-0.39, 0.29) is 18.6 Å². The molecule has 0 aromatic heterocycles. The summed E-state index contributed by atoms with van der Waals surface area (Å²) in [5, 5.41) is 0. The van der Waals surface area contributed by atoms with Crippen molar-refractivity contribution < 1.29 is 18.6 Å². The van der Waals surface area contributed by atoms with Crippen LogP contribution in [0.2, 0.25) is 0 Å². The van der Waals surface area contributed by atoms with Crippen LogP contribution >= 0.6 is 0 Å². The zero-order valence-corrected chi connectivity index (χ0v) is 4.71. The Labute approximate surface area is 45.2 Å². The third-order valence-electron chi connectivity index (χ3n) is 0. The predicted molar refractivity (Wildman–Crippen MR) is 18.5 cm³/mol. The van der Waals surface area contributed by atoms with Gasteiger partial charge in [0.1, 0.15) is 0 Å². The Balaban J connectivity index is 0. The molecule has 0 aromatic carbocycles. The third kappa shape index (κ3) is 99.3. The molecule has 0 aliphatic carbocycles. The normalized spacial score (nSPS) is 7.20. The fourth-order valence-corrected chi connectivity index (χ4v) is 0. The van der Waals surface area contributed by atoms with E-state index in [0.717, 1.165) is 0 Å². The van der Waals surface area contributed by atoms with Crippen LogP contribution in [0.15, 0.2) is 0 Å².